The molecule has 0 bridgehead atoms. The first-order valence-corrected chi connectivity index (χ1v) is 5.50. The molecule has 0 aromatic carbocycles. The second-order valence-electron chi connectivity index (χ2n) is 3.25. The lowest BCUT2D eigenvalue weighted by Gasteiger charge is -2.33. The maximum Gasteiger partial charge on any atom is 0.316 e. The molecule has 92 valence electrons. The Labute approximate surface area is 103 Å². The van der Waals surface area contributed by atoms with Crippen molar-refractivity contribution < 1.29 is 24.8 Å². The molecule has 0 saturated carbocycles. The maximum absolute atomic E-state index is 10.7. The van der Waals surface area contributed by atoms with Gasteiger partial charge in [-0.1, -0.05) is 0 Å². The van der Waals surface area contributed by atoms with Crippen LogP contribution >= 0.6 is 22.6 Å². The molecule has 1 aliphatic rings. The lowest BCUT2D eigenvalue weighted by atomic mass is 9.96. The Kier molecular flexibility index (Phi) is 4.35. The highest BCUT2D eigenvalue weighted by Crippen LogP contribution is 2.28. The molecule has 1 rings (SSSR count). The van der Waals surface area contributed by atoms with Gasteiger partial charge in [-0.05, 0) is 22.6 Å². The van der Waals surface area contributed by atoms with Crippen LogP contribution in [-0.4, -0.2) is 55.1 Å². The first-order valence-electron chi connectivity index (χ1n) is 4.25. The molecule has 0 amide bonds. The van der Waals surface area contributed by atoms with Crippen LogP contribution in [0.2, 0.25) is 0 Å². The summed E-state index contributed by atoms with van der Waals surface area (Å²) in [4.78, 5) is 19.6. The standard InChI is InChI=1S/C6H9IN2O7/c7-6-4(9(14)15)3(8(12)13)5(11)2(1-10)16-6/h2-6,10-11H,1H2/t2?,3?,4-,5-,6?/m1/s1. The minimum absolute atomic E-state index is 0.630. The molecule has 3 unspecified atom stereocenters. The van der Waals surface area contributed by atoms with Crippen molar-refractivity contribution in [2.24, 2.45) is 0 Å². The number of rotatable bonds is 3. The highest BCUT2D eigenvalue weighted by atomic mass is 127. The van der Waals surface area contributed by atoms with Crippen molar-refractivity contribution in [3.63, 3.8) is 0 Å². The van der Waals surface area contributed by atoms with E-state index in [4.69, 9.17) is 9.84 Å². The molecule has 10 heteroatoms. The Balaban J connectivity index is 3.01. The number of aliphatic hydroxyl groups excluding tert-OH is 2. The molecule has 5 atom stereocenters. The monoisotopic (exact) mass is 348 g/mol. The molecule has 0 radical (unpaired) electrons. The summed E-state index contributed by atoms with van der Waals surface area (Å²) in [5.41, 5.74) is 0. The van der Waals surface area contributed by atoms with Gasteiger partial charge in [0.1, 0.15) is 6.10 Å². The number of ether oxygens (including phenoxy) is 1. The van der Waals surface area contributed by atoms with Crippen molar-refractivity contribution in [3.05, 3.63) is 20.2 Å². The molecule has 0 spiro atoms. The molecule has 9 nitrogen and oxygen atoms in total. The van der Waals surface area contributed by atoms with Crippen LogP contribution in [0.5, 0.6) is 0 Å². The largest absolute Gasteiger partial charge is 0.394 e. The molecule has 0 aromatic rings. The SMILES string of the molecule is O=[N+]([O-])C1[C@H](O)C(CO)OC(I)[C@@H]1[N+](=O)[O-]. The first kappa shape index (κ1) is 13.5. The number of hydrogen-bond donors (Lipinski definition) is 2. The van der Waals surface area contributed by atoms with Gasteiger partial charge < -0.3 is 14.9 Å². The van der Waals surface area contributed by atoms with E-state index >= 15 is 0 Å². The smallest absolute Gasteiger partial charge is 0.316 e. The molecule has 0 aliphatic carbocycles. The fourth-order valence-corrected chi connectivity index (χ4v) is 2.59. The number of hydrogen-bond acceptors (Lipinski definition) is 7. The average Bonchev–Trinajstić information content (AvgIpc) is 2.19. The minimum Gasteiger partial charge on any atom is -0.394 e. The minimum atomic E-state index is -1.78. The Hall–Kier alpha value is -0.590. The van der Waals surface area contributed by atoms with E-state index < -0.39 is 44.9 Å². The van der Waals surface area contributed by atoms with Crippen LogP contribution in [0.15, 0.2) is 0 Å². The maximum atomic E-state index is 10.7. The average molecular weight is 348 g/mol. The Bertz CT molecular complexity index is 301. The van der Waals surface area contributed by atoms with Gasteiger partial charge in [0.25, 0.3) is 0 Å². The Morgan fingerprint density at radius 2 is 1.75 bits per heavy atom. The fourth-order valence-electron chi connectivity index (χ4n) is 1.53. The molecule has 1 saturated heterocycles. The molecule has 1 aliphatic heterocycles. The van der Waals surface area contributed by atoms with Crippen molar-refractivity contribution in [1.29, 1.82) is 0 Å². The van der Waals surface area contributed by atoms with E-state index in [-0.39, 0.29) is 0 Å². The van der Waals surface area contributed by atoms with E-state index in [0.29, 0.717) is 0 Å². The van der Waals surface area contributed by atoms with Crippen LogP contribution in [0.1, 0.15) is 0 Å². The zero-order valence-electron chi connectivity index (χ0n) is 7.80. The summed E-state index contributed by atoms with van der Waals surface area (Å²) in [6.45, 7) is -0.630. The number of halogens is 1. The van der Waals surface area contributed by atoms with Crippen LogP contribution < -0.4 is 0 Å². The zero-order valence-corrected chi connectivity index (χ0v) is 9.96. The summed E-state index contributed by atoms with van der Waals surface area (Å²) in [7, 11) is 0. The van der Waals surface area contributed by atoms with Gasteiger partial charge in [0.15, 0.2) is 10.2 Å². The van der Waals surface area contributed by atoms with Crippen molar-refractivity contribution >= 4 is 22.6 Å². The van der Waals surface area contributed by atoms with Gasteiger partial charge in [-0.25, -0.2) is 0 Å². The lowest BCUT2D eigenvalue weighted by Crippen LogP contribution is -2.62. The summed E-state index contributed by atoms with van der Waals surface area (Å²) in [6, 6.07) is -3.41. The predicted molar refractivity (Wildman–Crippen MR) is 57.3 cm³/mol. The fraction of sp³-hybridized carbons (Fsp3) is 1.00. The molecular weight excluding hydrogens is 339 g/mol. The number of alkyl halides is 1. The van der Waals surface area contributed by atoms with Crippen LogP contribution in [-0.2, 0) is 4.74 Å². The van der Waals surface area contributed by atoms with Gasteiger partial charge in [0, 0.05) is 9.85 Å². The molecule has 0 aromatic heterocycles. The van der Waals surface area contributed by atoms with Gasteiger partial charge in [0.05, 0.1) is 6.61 Å². The van der Waals surface area contributed by atoms with E-state index in [1.165, 1.54) is 0 Å². The van der Waals surface area contributed by atoms with E-state index in [1.807, 2.05) is 0 Å². The first-order chi connectivity index (χ1) is 7.40. The third-order valence-electron chi connectivity index (χ3n) is 2.32. The molecular formula is C6H9IN2O7. The molecule has 1 fully saturated rings. The summed E-state index contributed by atoms with van der Waals surface area (Å²) in [6.07, 6.45) is -2.87. The predicted octanol–water partition coefficient (Wildman–Crippen LogP) is -1.21. The molecule has 1 heterocycles. The van der Waals surface area contributed by atoms with Crippen LogP contribution in [0, 0.1) is 20.2 Å². The number of aliphatic hydroxyl groups is 2. The van der Waals surface area contributed by atoms with Crippen molar-refractivity contribution in [2.45, 2.75) is 28.4 Å². The van der Waals surface area contributed by atoms with E-state index in [9.17, 15) is 25.3 Å². The van der Waals surface area contributed by atoms with Gasteiger partial charge >= 0.3 is 12.1 Å². The highest BCUT2D eigenvalue weighted by Gasteiger charge is 2.58. The topological polar surface area (TPSA) is 136 Å². The van der Waals surface area contributed by atoms with Crippen molar-refractivity contribution in [3.8, 4) is 0 Å². The van der Waals surface area contributed by atoms with Crippen LogP contribution in [0.4, 0.5) is 0 Å². The second kappa shape index (κ2) is 5.16. The number of nitro groups is 2. The third kappa shape index (κ3) is 2.39. The lowest BCUT2D eigenvalue weighted by molar-refractivity contribution is -0.637. The summed E-state index contributed by atoms with van der Waals surface area (Å²) in [5, 5.41) is 39.7. The second-order valence-corrected chi connectivity index (χ2v) is 4.48. The van der Waals surface area contributed by atoms with E-state index in [2.05, 4.69) is 0 Å². The summed E-state index contributed by atoms with van der Waals surface area (Å²) >= 11 is 1.54. The Morgan fingerprint density at radius 3 is 2.12 bits per heavy atom. The van der Waals surface area contributed by atoms with Gasteiger partial charge in [-0.2, -0.15) is 0 Å². The summed E-state index contributed by atoms with van der Waals surface area (Å²) in [5.74, 6) is 0. The summed E-state index contributed by atoms with van der Waals surface area (Å²) < 4.78 is 3.88. The van der Waals surface area contributed by atoms with Gasteiger partial charge in [-0.3, -0.25) is 20.2 Å². The van der Waals surface area contributed by atoms with Crippen molar-refractivity contribution in [2.75, 3.05) is 6.61 Å². The highest BCUT2D eigenvalue weighted by molar-refractivity contribution is 14.1. The third-order valence-corrected chi connectivity index (χ3v) is 3.35. The normalized spacial score (nSPS) is 39.3. The molecule has 16 heavy (non-hydrogen) atoms. The van der Waals surface area contributed by atoms with Crippen molar-refractivity contribution in [1.82, 2.24) is 0 Å². The Morgan fingerprint density at radius 1 is 1.25 bits per heavy atom. The quantitative estimate of drug-likeness (QED) is 0.283. The van der Waals surface area contributed by atoms with Gasteiger partial charge in [-0.15, -0.1) is 0 Å². The zero-order chi connectivity index (χ0) is 12.5. The van der Waals surface area contributed by atoms with E-state index in [0.717, 1.165) is 0 Å². The number of nitrogens with zero attached hydrogens (tertiary/aromatic N) is 2. The molecule has 2 N–H and O–H groups in total. The van der Waals surface area contributed by atoms with Crippen LogP contribution in [0.25, 0.3) is 0 Å². The van der Waals surface area contributed by atoms with Crippen LogP contribution in [0.3, 0.4) is 0 Å². The van der Waals surface area contributed by atoms with Gasteiger partial charge in [0.2, 0.25) is 0 Å². The van der Waals surface area contributed by atoms with E-state index in [1.54, 1.807) is 22.6 Å².